The van der Waals surface area contributed by atoms with E-state index in [1.165, 1.54) is 0 Å². The molecule has 19 heavy (non-hydrogen) atoms. The molecule has 4 heteroatoms. The summed E-state index contributed by atoms with van der Waals surface area (Å²) in [4.78, 5) is 12.2. The highest BCUT2D eigenvalue weighted by molar-refractivity contribution is 5.82. The third-order valence-corrected chi connectivity index (χ3v) is 4.65. The van der Waals surface area contributed by atoms with Gasteiger partial charge in [-0.15, -0.1) is 0 Å². The number of nitrogens with one attached hydrogen (secondary N) is 2. The second kappa shape index (κ2) is 5.80. The minimum atomic E-state index is -0.173. The van der Waals surface area contributed by atoms with Crippen LogP contribution in [0.4, 0.5) is 0 Å². The molecule has 4 nitrogen and oxygen atoms in total. The number of rotatable bonds is 6. The molecular weight excluding hydrogens is 240 g/mol. The predicted octanol–water partition coefficient (Wildman–Crippen LogP) is 2.08. The van der Waals surface area contributed by atoms with E-state index in [1.807, 2.05) is 20.8 Å². The minimum Gasteiger partial charge on any atom is -0.381 e. The molecule has 0 aromatic carbocycles. The molecule has 112 valence electrons. The van der Waals surface area contributed by atoms with Gasteiger partial charge in [-0.05, 0) is 33.6 Å². The molecule has 1 aliphatic rings. The monoisotopic (exact) mass is 270 g/mol. The van der Waals surface area contributed by atoms with Crippen LogP contribution in [0.5, 0.6) is 0 Å². The standard InChI is InChI=1S/C15H30N2O2/c1-8-14(3,4)17-13(18)10(2)16-11-9-12(19-7)15(11,5)6/h10-12,16H,8-9H2,1-7H3,(H,17,18). The highest BCUT2D eigenvalue weighted by atomic mass is 16.5. The van der Waals surface area contributed by atoms with Crippen molar-refractivity contribution in [1.82, 2.24) is 10.6 Å². The van der Waals surface area contributed by atoms with E-state index in [0.29, 0.717) is 6.04 Å². The van der Waals surface area contributed by atoms with Crippen LogP contribution in [0.2, 0.25) is 0 Å². The molecule has 1 fully saturated rings. The average Bonchev–Trinajstić information content (AvgIpc) is 2.32. The predicted molar refractivity (Wildman–Crippen MR) is 78.1 cm³/mol. The van der Waals surface area contributed by atoms with E-state index in [-0.39, 0.29) is 29.0 Å². The van der Waals surface area contributed by atoms with Crippen LogP contribution in [0.1, 0.15) is 54.4 Å². The van der Waals surface area contributed by atoms with Crippen LogP contribution in [0.15, 0.2) is 0 Å². The minimum absolute atomic E-state index is 0.0727. The Balaban J connectivity index is 2.48. The van der Waals surface area contributed by atoms with Crippen molar-refractivity contribution in [2.75, 3.05) is 7.11 Å². The summed E-state index contributed by atoms with van der Waals surface area (Å²) in [6.07, 6.45) is 2.18. The van der Waals surface area contributed by atoms with Gasteiger partial charge >= 0.3 is 0 Å². The van der Waals surface area contributed by atoms with Gasteiger partial charge in [0.05, 0.1) is 12.1 Å². The van der Waals surface area contributed by atoms with E-state index in [4.69, 9.17) is 4.74 Å². The van der Waals surface area contributed by atoms with E-state index >= 15 is 0 Å². The maximum Gasteiger partial charge on any atom is 0.237 e. The Labute approximate surface area is 117 Å². The van der Waals surface area contributed by atoms with Gasteiger partial charge in [0.25, 0.3) is 0 Å². The summed E-state index contributed by atoms with van der Waals surface area (Å²) in [5.74, 6) is 0.0727. The Kier molecular flexibility index (Phi) is 5.02. The Morgan fingerprint density at radius 3 is 2.47 bits per heavy atom. The van der Waals surface area contributed by atoms with Crippen LogP contribution in [0, 0.1) is 5.41 Å². The molecule has 0 aromatic heterocycles. The summed E-state index contributed by atoms with van der Waals surface area (Å²) in [5, 5.41) is 6.50. The largest absolute Gasteiger partial charge is 0.381 e. The van der Waals surface area contributed by atoms with E-state index in [9.17, 15) is 4.79 Å². The van der Waals surface area contributed by atoms with E-state index < -0.39 is 0 Å². The molecule has 3 unspecified atom stereocenters. The van der Waals surface area contributed by atoms with Crippen LogP contribution in [-0.2, 0) is 9.53 Å². The maximum atomic E-state index is 12.2. The molecule has 1 aliphatic carbocycles. The number of methoxy groups -OCH3 is 1. The fourth-order valence-corrected chi connectivity index (χ4v) is 2.48. The number of ether oxygens (including phenoxy) is 1. The first-order chi connectivity index (χ1) is 8.64. The lowest BCUT2D eigenvalue weighted by molar-refractivity contribution is -0.128. The number of amides is 1. The van der Waals surface area contributed by atoms with Crippen LogP contribution in [-0.4, -0.2) is 36.7 Å². The van der Waals surface area contributed by atoms with Crippen molar-refractivity contribution in [3.05, 3.63) is 0 Å². The zero-order valence-electron chi connectivity index (χ0n) is 13.5. The SMILES string of the molecule is CCC(C)(C)NC(=O)C(C)NC1CC(OC)C1(C)C. The molecule has 0 spiro atoms. The van der Waals surface area contributed by atoms with Gasteiger partial charge in [-0.1, -0.05) is 20.8 Å². The van der Waals surface area contributed by atoms with Gasteiger partial charge in [-0.2, -0.15) is 0 Å². The summed E-state index contributed by atoms with van der Waals surface area (Å²) >= 11 is 0. The van der Waals surface area contributed by atoms with Gasteiger partial charge in [0.1, 0.15) is 0 Å². The van der Waals surface area contributed by atoms with Gasteiger partial charge < -0.3 is 15.4 Å². The van der Waals surface area contributed by atoms with E-state index in [2.05, 4.69) is 31.4 Å². The molecule has 0 heterocycles. The fourth-order valence-electron chi connectivity index (χ4n) is 2.48. The van der Waals surface area contributed by atoms with Gasteiger partial charge in [0.15, 0.2) is 0 Å². The number of carbonyl (C=O) groups excluding carboxylic acids is 1. The Morgan fingerprint density at radius 1 is 1.47 bits per heavy atom. The second-order valence-electron chi connectivity index (χ2n) is 6.95. The Hall–Kier alpha value is -0.610. The molecule has 3 atom stereocenters. The van der Waals surface area contributed by atoms with Gasteiger partial charge in [0, 0.05) is 24.1 Å². The lowest BCUT2D eigenvalue weighted by atomic mass is 9.64. The third-order valence-electron chi connectivity index (χ3n) is 4.65. The molecule has 0 aliphatic heterocycles. The first-order valence-corrected chi connectivity index (χ1v) is 7.25. The number of hydrogen-bond donors (Lipinski definition) is 2. The maximum absolute atomic E-state index is 12.2. The lowest BCUT2D eigenvalue weighted by Crippen LogP contribution is -2.64. The highest BCUT2D eigenvalue weighted by Gasteiger charge is 2.49. The average molecular weight is 270 g/mol. The molecule has 2 N–H and O–H groups in total. The van der Waals surface area contributed by atoms with Crippen molar-refractivity contribution in [2.24, 2.45) is 5.41 Å². The molecule has 0 bridgehead atoms. The Morgan fingerprint density at radius 2 is 2.05 bits per heavy atom. The molecule has 0 saturated heterocycles. The van der Waals surface area contributed by atoms with Crippen molar-refractivity contribution in [3.63, 3.8) is 0 Å². The van der Waals surface area contributed by atoms with Crippen LogP contribution in [0.3, 0.4) is 0 Å². The lowest BCUT2D eigenvalue weighted by Gasteiger charge is -2.52. The fraction of sp³-hybridized carbons (Fsp3) is 0.933. The van der Waals surface area contributed by atoms with Crippen molar-refractivity contribution >= 4 is 5.91 Å². The molecular formula is C15H30N2O2. The normalized spacial score (nSPS) is 27.5. The third kappa shape index (κ3) is 3.69. The number of hydrogen-bond acceptors (Lipinski definition) is 3. The van der Waals surface area contributed by atoms with Gasteiger partial charge in [-0.3, -0.25) is 4.79 Å². The first-order valence-electron chi connectivity index (χ1n) is 7.25. The van der Waals surface area contributed by atoms with Crippen LogP contribution >= 0.6 is 0 Å². The van der Waals surface area contributed by atoms with Gasteiger partial charge in [0.2, 0.25) is 5.91 Å². The topological polar surface area (TPSA) is 50.4 Å². The van der Waals surface area contributed by atoms with Crippen molar-refractivity contribution < 1.29 is 9.53 Å². The summed E-state index contributed by atoms with van der Waals surface area (Å²) in [5.41, 5.74) is -0.0548. The molecule has 0 aromatic rings. The summed E-state index contributed by atoms with van der Waals surface area (Å²) in [6.45, 7) is 12.5. The van der Waals surface area contributed by atoms with Gasteiger partial charge in [-0.25, -0.2) is 0 Å². The smallest absolute Gasteiger partial charge is 0.237 e. The molecule has 1 amide bonds. The summed E-state index contributed by atoms with van der Waals surface area (Å²) in [6, 6.07) is 0.163. The highest BCUT2D eigenvalue weighted by Crippen LogP contribution is 2.42. The van der Waals surface area contributed by atoms with E-state index in [0.717, 1.165) is 12.8 Å². The van der Waals surface area contributed by atoms with Crippen molar-refractivity contribution in [2.45, 2.75) is 78.1 Å². The van der Waals surface area contributed by atoms with Crippen LogP contribution in [0.25, 0.3) is 0 Å². The van der Waals surface area contributed by atoms with Crippen molar-refractivity contribution in [1.29, 1.82) is 0 Å². The molecule has 0 radical (unpaired) electrons. The van der Waals surface area contributed by atoms with E-state index in [1.54, 1.807) is 7.11 Å². The summed E-state index contributed by atoms with van der Waals surface area (Å²) in [7, 11) is 1.75. The number of carbonyl (C=O) groups is 1. The van der Waals surface area contributed by atoms with Crippen LogP contribution < -0.4 is 10.6 Å². The second-order valence-corrected chi connectivity index (χ2v) is 6.95. The Bertz CT molecular complexity index is 326. The zero-order chi connectivity index (χ0) is 14.8. The summed E-state index contributed by atoms with van der Waals surface area (Å²) < 4.78 is 5.43. The van der Waals surface area contributed by atoms with Crippen molar-refractivity contribution in [3.8, 4) is 0 Å². The quantitative estimate of drug-likeness (QED) is 0.777. The first kappa shape index (κ1) is 16.4. The zero-order valence-corrected chi connectivity index (χ0v) is 13.5. The molecule has 1 rings (SSSR count). The molecule has 1 saturated carbocycles.